The van der Waals surface area contributed by atoms with Gasteiger partial charge in [0.1, 0.15) is 5.69 Å². The highest BCUT2D eigenvalue weighted by atomic mass is 79.9. The van der Waals surface area contributed by atoms with Crippen molar-refractivity contribution in [1.29, 1.82) is 0 Å². The van der Waals surface area contributed by atoms with Gasteiger partial charge in [0.15, 0.2) is 0 Å². The zero-order chi connectivity index (χ0) is 14.0. The van der Waals surface area contributed by atoms with Crippen LogP contribution >= 0.6 is 15.9 Å². The number of rotatable bonds is 3. The first-order chi connectivity index (χ1) is 8.97. The molecule has 0 saturated heterocycles. The molecule has 0 aliphatic carbocycles. The molecule has 0 unspecified atom stereocenters. The monoisotopic (exact) mass is 323 g/mol. The fourth-order valence-corrected chi connectivity index (χ4v) is 2.21. The summed E-state index contributed by atoms with van der Waals surface area (Å²) in [7, 11) is 0. The van der Waals surface area contributed by atoms with Gasteiger partial charge in [-0.2, -0.15) is 0 Å². The molecule has 0 spiro atoms. The fourth-order valence-electron chi connectivity index (χ4n) is 1.86. The van der Waals surface area contributed by atoms with Crippen molar-refractivity contribution in [2.75, 3.05) is 0 Å². The van der Waals surface area contributed by atoms with Crippen LogP contribution < -0.4 is 10.9 Å². The van der Waals surface area contributed by atoms with Crippen LogP contribution in [-0.2, 0) is 6.54 Å². The Morgan fingerprint density at radius 2 is 2.11 bits per heavy atom. The van der Waals surface area contributed by atoms with Crippen LogP contribution in [0.4, 0.5) is 0 Å². The van der Waals surface area contributed by atoms with Crippen LogP contribution in [-0.4, -0.2) is 15.9 Å². The topological polar surface area (TPSA) is 77.8 Å². The van der Waals surface area contributed by atoms with Crippen molar-refractivity contribution in [3.05, 3.63) is 55.7 Å². The number of hydrogen-bond acceptors (Lipinski definition) is 2. The van der Waals surface area contributed by atoms with Crippen LogP contribution in [0.15, 0.2) is 27.6 Å². The molecule has 0 atom stereocenters. The molecule has 0 aliphatic heterocycles. The van der Waals surface area contributed by atoms with Crippen LogP contribution in [0.2, 0.25) is 0 Å². The van der Waals surface area contributed by atoms with Gasteiger partial charge in [-0.15, -0.1) is 0 Å². The second-order valence-electron chi connectivity index (χ2n) is 4.36. The number of aryl methyl sites for hydroxylation is 2. The highest BCUT2D eigenvalue weighted by Crippen LogP contribution is 2.10. The summed E-state index contributed by atoms with van der Waals surface area (Å²) in [4.78, 5) is 29.2. The summed E-state index contributed by atoms with van der Waals surface area (Å²) in [5.74, 6) is -0.245. The highest BCUT2D eigenvalue weighted by molar-refractivity contribution is 9.10. The highest BCUT2D eigenvalue weighted by Gasteiger charge is 2.10. The third kappa shape index (κ3) is 3.14. The predicted molar refractivity (Wildman–Crippen MR) is 76.2 cm³/mol. The number of nitrogens with one attached hydrogen (secondary N) is 3. The number of aromatic amines is 2. The number of hydrogen-bond donors (Lipinski definition) is 3. The molecule has 0 aromatic carbocycles. The molecule has 0 saturated carbocycles. The Morgan fingerprint density at radius 1 is 1.37 bits per heavy atom. The van der Waals surface area contributed by atoms with Crippen LogP contribution in [0, 0.1) is 13.8 Å². The van der Waals surface area contributed by atoms with Gasteiger partial charge in [-0.05, 0) is 47.5 Å². The molecule has 2 rings (SSSR count). The van der Waals surface area contributed by atoms with Gasteiger partial charge >= 0.3 is 0 Å². The minimum Gasteiger partial charge on any atom is -0.356 e. The van der Waals surface area contributed by atoms with Crippen LogP contribution in [0.5, 0.6) is 0 Å². The van der Waals surface area contributed by atoms with Crippen molar-refractivity contribution in [2.24, 2.45) is 0 Å². The Hall–Kier alpha value is -1.82. The van der Waals surface area contributed by atoms with Gasteiger partial charge in [-0.1, -0.05) is 0 Å². The maximum absolute atomic E-state index is 11.8. The average Bonchev–Trinajstić information content (AvgIpc) is 2.74. The maximum Gasteiger partial charge on any atom is 0.268 e. The zero-order valence-electron chi connectivity index (χ0n) is 10.6. The predicted octanol–water partition coefficient (Wildman–Crippen LogP) is 2.01. The number of H-pyrrole nitrogens is 2. The van der Waals surface area contributed by atoms with E-state index in [0.29, 0.717) is 11.3 Å². The third-order valence-corrected chi connectivity index (χ3v) is 3.27. The van der Waals surface area contributed by atoms with Gasteiger partial charge in [-0.3, -0.25) is 9.59 Å². The van der Waals surface area contributed by atoms with E-state index < -0.39 is 0 Å². The number of carbonyl (C=O) groups is 1. The summed E-state index contributed by atoms with van der Waals surface area (Å²) < 4.78 is 0.807. The number of amides is 1. The summed E-state index contributed by atoms with van der Waals surface area (Å²) in [6, 6.07) is 3.57. The van der Waals surface area contributed by atoms with E-state index >= 15 is 0 Å². The van der Waals surface area contributed by atoms with Gasteiger partial charge in [0.05, 0.1) is 0 Å². The standard InChI is InChI=1S/C13H14BrN3O2/c1-7-3-8(2)17-12(18)10(7)6-16-13(19)11-4-9(14)5-15-11/h3-5,15H,6H2,1-2H3,(H,16,19)(H,17,18). The summed E-state index contributed by atoms with van der Waals surface area (Å²) in [6.07, 6.45) is 1.68. The lowest BCUT2D eigenvalue weighted by Gasteiger charge is -2.07. The molecule has 3 N–H and O–H groups in total. The summed E-state index contributed by atoms with van der Waals surface area (Å²) in [5.41, 5.74) is 2.54. The largest absolute Gasteiger partial charge is 0.356 e. The molecule has 0 bridgehead atoms. The van der Waals surface area contributed by atoms with Crippen molar-refractivity contribution in [1.82, 2.24) is 15.3 Å². The van der Waals surface area contributed by atoms with Crippen molar-refractivity contribution in [3.63, 3.8) is 0 Å². The Morgan fingerprint density at radius 3 is 2.68 bits per heavy atom. The second kappa shape index (κ2) is 5.44. The maximum atomic E-state index is 11.8. The van der Waals surface area contributed by atoms with Gasteiger partial charge in [-0.25, -0.2) is 0 Å². The minimum absolute atomic E-state index is 0.162. The first kappa shape index (κ1) is 13.6. The number of carbonyl (C=O) groups excluding carboxylic acids is 1. The molecular weight excluding hydrogens is 310 g/mol. The molecular formula is C13H14BrN3O2. The van der Waals surface area contributed by atoms with Gasteiger partial charge in [0.25, 0.3) is 11.5 Å². The van der Waals surface area contributed by atoms with Gasteiger partial charge < -0.3 is 15.3 Å². The number of pyridine rings is 1. The molecule has 1 amide bonds. The van der Waals surface area contributed by atoms with Crippen LogP contribution in [0.3, 0.4) is 0 Å². The number of halogens is 1. The Kier molecular flexibility index (Phi) is 3.90. The third-order valence-electron chi connectivity index (χ3n) is 2.81. The van der Waals surface area contributed by atoms with E-state index in [-0.39, 0.29) is 18.0 Å². The molecule has 2 aromatic heterocycles. The Labute approximate surface area is 118 Å². The molecule has 0 aliphatic rings. The Bertz CT molecular complexity index is 673. The van der Waals surface area contributed by atoms with Crippen LogP contribution in [0.1, 0.15) is 27.3 Å². The fraction of sp³-hybridized carbons (Fsp3) is 0.231. The lowest BCUT2D eigenvalue weighted by Crippen LogP contribution is -2.28. The van der Waals surface area contributed by atoms with Gasteiger partial charge in [0.2, 0.25) is 0 Å². The minimum atomic E-state index is -0.245. The van der Waals surface area contributed by atoms with Crippen molar-refractivity contribution in [2.45, 2.75) is 20.4 Å². The molecule has 0 radical (unpaired) electrons. The quantitative estimate of drug-likeness (QED) is 0.808. The molecule has 2 aromatic rings. The normalized spacial score (nSPS) is 10.5. The molecule has 6 heteroatoms. The van der Waals surface area contributed by atoms with E-state index in [4.69, 9.17) is 0 Å². The number of aromatic nitrogens is 2. The van der Waals surface area contributed by atoms with Crippen molar-refractivity contribution < 1.29 is 4.79 Å². The molecule has 100 valence electrons. The first-order valence-electron chi connectivity index (χ1n) is 5.79. The second-order valence-corrected chi connectivity index (χ2v) is 5.27. The van der Waals surface area contributed by atoms with E-state index in [0.717, 1.165) is 15.7 Å². The summed E-state index contributed by atoms with van der Waals surface area (Å²) in [6.45, 7) is 3.89. The average molecular weight is 324 g/mol. The Balaban J connectivity index is 2.11. The van der Waals surface area contributed by atoms with E-state index in [1.165, 1.54) is 0 Å². The summed E-state index contributed by atoms with van der Waals surface area (Å²) >= 11 is 3.26. The first-order valence-corrected chi connectivity index (χ1v) is 6.58. The lowest BCUT2D eigenvalue weighted by atomic mass is 10.1. The van der Waals surface area contributed by atoms with E-state index in [1.807, 2.05) is 19.9 Å². The molecule has 19 heavy (non-hydrogen) atoms. The smallest absolute Gasteiger partial charge is 0.268 e. The van der Waals surface area contributed by atoms with Gasteiger partial charge in [0, 0.05) is 28.5 Å². The van der Waals surface area contributed by atoms with Crippen LogP contribution in [0.25, 0.3) is 0 Å². The zero-order valence-corrected chi connectivity index (χ0v) is 12.2. The lowest BCUT2D eigenvalue weighted by molar-refractivity contribution is 0.0946. The molecule has 5 nitrogen and oxygen atoms in total. The van der Waals surface area contributed by atoms with E-state index in [9.17, 15) is 9.59 Å². The van der Waals surface area contributed by atoms with Crippen molar-refractivity contribution >= 4 is 21.8 Å². The van der Waals surface area contributed by atoms with Crippen molar-refractivity contribution in [3.8, 4) is 0 Å². The van der Waals surface area contributed by atoms with E-state index in [1.54, 1.807) is 12.3 Å². The SMILES string of the molecule is Cc1cc(C)c(CNC(=O)c2cc(Br)c[nH]2)c(=O)[nH]1. The van der Waals surface area contributed by atoms with E-state index in [2.05, 4.69) is 31.2 Å². The molecule has 2 heterocycles. The summed E-state index contributed by atoms with van der Waals surface area (Å²) in [5, 5.41) is 2.72. The molecule has 0 fully saturated rings.